The summed E-state index contributed by atoms with van der Waals surface area (Å²) in [5.74, 6) is 0.964. The van der Waals surface area contributed by atoms with Crippen molar-refractivity contribution in [2.45, 2.75) is 48.0 Å². The largest absolute Gasteiger partial charge is 0.482 e. The molecule has 0 fully saturated rings. The first-order valence-corrected chi connectivity index (χ1v) is 7.40. The zero-order valence-corrected chi connectivity index (χ0v) is 14.0. The molecule has 0 bridgehead atoms. The lowest BCUT2D eigenvalue weighted by Crippen LogP contribution is -2.12. The first-order valence-electron chi connectivity index (χ1n) is 7.40. The van der Waals surface area contributed by atoms with Gasteiger partial charge in [-0.3, -0.25) is 0 Å². The number of rotatable bonds is 5. The molecule has 1 aromatic rings. The van der Waals surface area contributed by atoms with Crippen molar-refractivity contribution in [3.8, 4) is 5.75 Å². The minimum absolute atomic E-state index is 0.0416. The normalized spacial score (nSPS) is 8.80. The standard InChI is InChI=1S/C13H18O3.2C2H6/c1-10(2)8-11-4-6-12(7-5-11)16-9-13(14)15-3;2*1-2/h4-7,10H,8-9H2,1-3H3;2*1-2H3. The molecule has 0 aliphatic carbocycles. The highest BCUT2D eigenvalue weighted by molar-refractivity contribution is 5.70. The molecule has 3 heteroatoms. The van der Waals surface area contributed by atoms with Crippen LogP contribution in [0.25, 0.3) is 0 Å². The predicted molar refractivity (Wildman–Crippen MR) is 85.2 cm³/mol. The number of hydrogen-bond donors (Lipinski definition) is 0. The van der Waals surface area contributed by atoms with Gasteiger partial charge in [0.1, 0.15) is 5.75 Å². The molecule has 1 rings (SSSR count). The average molecular weight is 282 g/mol. The third-order valence-electron chi connectivity index (χ3n) is 2.15. The molecule has 0 unspecified atom stereocenters. The number of hydrogen-bond acceptors (Lipinski definition) is 3. The van der Waals surface area contributed by atoms with Crippen LogP contribution in [0.15, 0.2) is 24.3 Å². The molecule has 1 aromatic carbocycles. The van der Waals surface area contributed by atoms with Crippen molar-refractivity contribution < 1.29 is 14.3 Å². The summed E-state index contributed by atoms with van der Waals surface area (Å²) in [5, 5.41) is 0. The van der Waals surface area contributed by atoms with Crippen molar-refractivity contribution in [3.63, 3.8) is 0 Å². The summed E-state index contributed by atoms with van der Waals surface area (Å²) in [6.07, 6.45) is 1.05. The fraction of sp³-hybridized carbons (Fsp3) is 0.588. The molecule has 0 spiro atoms. The number of esters is 1. The van der Waals surface area contributed by atoms with Crippen LogP contribution < -0.4 is 4.74 Å². The third-order valence-corrected chi connectivity index (χ3v) is 2.15. The molecule has 0 radical (unpaired) electrons. The van der Waals surface area contributed by atoms with Gasteiger partial charge in [0, 0.05) is 0 Å². The maximum atomic E-state index is 10.9. The molecule has 0 saturated heterocycles. The summed E-state index contributed by atoms with van der Waals surface area (Å²) in [4.78, 5) is 10.9. The molecular formula is C17H30O3. The molecule has 0 aliphatic heterocycles. The lowest BCUT2D eigenvalue weighted by atomic mass is 10.0. The Kier molecular flexibility index (Phi) is 14.5. The van der Waals surface area contributed by atoms with E-state index in [1.54, 1.807) is 0 Å². The van der Waals surface area contributed by atoms with Gasteiger partial charge in [-0.25, -0.2) is 4.79 Å². The first kappa shape index (κ1) is 20.8. The van der Waals surface area contributed by atoms with E-state index in [9.17, 15) is 4.79 Å². The minimum Gasteiger partial charge on any atom is -0.482 e. The number of carbonyl (C=O) groups excluding carboxylic acids is 1. The molecule has 3 nitrogen and oxygen atoms in total. The zero-order valence-electron chi connectivity index (χ0n) is 14.0. The third kappa shape index (κ3) is 10.4. The fourth-order valence-corrected chi connectivity index (χ4v) is 1.39. The van der Waals surface area contributed by atoms with Crippen LogP contribution >= 0.6 is 0 Å². The molecule has 20 heavy (non-hydrogen) atoms. The van der Waals surface area contributed by atoms with Crippen LogP contribution in [0.2, 0.25) is 0 Å². The van der Waals surface area contributed by atoms with Crippen molar-refractivity contribution in [3.05, 3.63) is 29.8 Å². The topological polar surface area (TPSA) is 35.5 Å². The minimum atomic E-state index is -0.369. The quantitative estimate of drug-likeness (QED) is 0.746. The average Bonchev–Trinajstić information content (AvgIpc) is 2.49. The molecule has 0 N–H and O–H groups in total. The highest BCUT2D eigenvalue weighted by Crippen LogP contribution is 2.14. The van der Waals surface area contributed by atoms with E-state index in [0.717, 1.165) is 6.42 Å². The Balaban J connectivity index is 0. The molecule has 0 atom stereocenters. The maximum absolute atomic E-state index is 10.9. The predicted octanol–water partition coefficient (Wildman–Crippen LogP) is 4.49. The van der Waals surface area contributed by atoms with Gasteiger partial charge in [0.05, 0.1) is 7.11 Å². The van der Waals surface area contributed by atoms with E-state index in [2.05, 4.69) is 18.6 Å². The summed E-state index contributed by atoms with van der Waals surface area (Å²) in [6.45, 7) is 12.3. The lowest BCUT2D eigenvalue weighted by molar-refractivity contribution is -0.142. The van der Waals surface area contributed by atoms with Crippen LogP contribution in [0.5, 0.6) is 5.75 Å². The van der Waals surface area contributed by atoms with Gasteiger partial charge in [0.2, 0.25) is 0 Å². The van der Waals surface area contributed by atoms with Crippen molar-refractivity contribution >= 4 is 5.97 Å². The van der Waals surface area contributed by atoms with Crippen molar-refractivity contribution in [1.82, 2.24) is 0 Å². The Hall–Kier alpha value is -1.51. The second-order valence-corrected chi connectivity index (χ2v) is 4.11. The second kappa shape index (κ2) is 13.9. The second-order valence-electron chi connectivity index (χ2n) is 4.11. The van der Waals surface area contributed by atoms with Crippen LogP contribution in [0.1, 0.15) is 47.1 Å². The van der Waals surface area contributed by atoms with Crippen LogP contribution in [0, 0.1) is 5.92 Å². The lowest BCUT2D eigenvalue weighted by Gasteiger charge is -2.07. The summed E-state index contributed by atoms with van der Waals surface area (Å²) in [5.41, 5.74) is 1.28. The monoisotopic (exact) mass is 282 g/mol. The molecule has 116 valence electrons. The van der Waals surface area contributed by atoms with E-state index in [4.69, 9.17) is 4.74 Å². The summed E-state index contributed by atoms with van der Waals surface area (Å²) >= 11 is 0. The Morgan fingerprint density at radius 3 is 1.95 bits per heavy atom. The van der Waals surface area contributed by atoms with Gasteiger partial charge in [-0.15, -0.1) is 0 Å². The summed E-state index contributed by atoms with van der Waals surface area (Å²) in [7, 11) is 1.34. The Morgan fingerprint density at radius 2 is 1.55 bits per heavy atom. The summed E-state index contributed by atoms with van der Waals surface area (Å²) < 4.78 is 9.73. The smallest absolute Gasteiger partial charge is 0.343 e. The number of benzene rings is 1. The van der Waals surface area contributed by atoms with Gasteiger partial charge in [0.25, 0.3) is 0 Å². The summed E-state index contributed by atoms with van der Waals surface area (Å²) in [6, 6.07) is 7.79. The van der Waals surface area contributed by atoms with Crippen molar-refractivity contribution in [2.24, 2.45) is 5.92 Å². The number of methoxy groups -OCH3 is 1. The molecule has 0 heterocycles. The van der Waals surface area contributed by atoms with E-state index in [1.807, 2.05) is 52.0 Å². The van der Waals surface area contributed by atoms with E-state index in [-0.39, 0.29) is 12.6 Å². The Labute approximate surface area is 124 Å². The van der Waals surface area contributed by atoms with Crippen molar-refractivity contribution in [1.29, 1.82) is 0 Å². The van der Waals surface area contributed by atoms with Crippen LogP contribution in [-0.2, 0) is 16.0 Å². The number of ether oxygens (including phenoxy) is 2. The van der Waals surface area contributed by atoms with E-state index in [1.165, 1.54) is 12.7 Å². The van der Waals surface area contributed by atoms with Gasteiger partial charge in [-0.2, -0.15) is 0 Å². The van der Waals surface area contributed by atoms with Gasteiger partial charge in [-0.1, -0.05) is 53.7 Å². The van der Waals surface area contributed by atoms with Gasteiger partial charge in [-0.05, 0) is 30.0 Å². The van der Waals surface area contributed by atoms with Crippen LogP contribution in [0.3, 0.4) is 0 Å². The van der Waals surface area contributed by atoms with Gasteiger partial charge in [0.15, 0.2) is 6.61 Å². The van der Waals surface area contributed by atoms with E-state index < -0.39 is 0 Å². The first-order chi connectivity index (χ1) is 9.61. The SMILES string of the molecule is CC.CC.COC(=O)COc1ccc(CC(C)C)cc1. The highest BCUT2D eigenvalue weighted by atomic mass is 16.6. The Bertz CT molecular complexity index is 329. The van der Waals surface area contributed by atoms with E-state index >= 15 is 0 Å². The molecule has 0 saturated carbocycles. The molecule has 0 amide bonds. The van der Waals surface area contributed by atoms with Crippen LogP contribution in [0.4, 0.5) is 0 Å². The molecule has 0 aromatic heterocycles. The molecule has 0 aliphatic rings. The van der Waals surface area contributed by atoms with Crippen LogP contribution in [-0.4, -0.2) is 19.7 Å². The highest BCUT2D eigenvalue weighted by Gasteiger charge is 2.02. The Morgan fingerprint density at radius 1 is 1.05 bits per heavy atom. The maximum Gasteiger partial charge on any atom is 0.343 e. The molecular weight excluding hydrogens is 252 g/mol. The van der Waals surface area contributed by atoms with Crippen molar-refractivity contribution in [2.75, 3.05) is 13.7 Å². The van der Waals surface area contributed by atoms with Gasteiger partial charge >= 0.3 is 5.97 Å². The number of carbonyl (C=O) groups is 1. The van der Waals surface area contributed by atoms with E-state index in [0.29, 0.717) is 11.7 Å². The van der Waals surface area contributed by atoms with Gasteiger partial charge < -0.3 is 9.47 Å². The fourth-order valence-electron chi connectivity index (χ4n) is 1.39. The zero-order chi connectivity index (χ0) is 16.0.